The molecule has 84 valence electrons. The quantitative estimate of drug-likeness (QED) is 0.799. The average Bonchev–Trinajstić information content (AvgIpc) is 1.99. The first-order valence-electron chi connectivity index (χ1n) is 4.06. The molecule has 0 aromatic heterocycles. The predicted octanol–water partition coefficient (Wildman–Crippen LogP) is 3.32. The number of hydrogen-bond acceptors (Lipinski definition) is 2. The maximum Gasteiger partial charge on any atom is 0.149 e. The lowest BCUT2D eigenvalue weighted by molar-refractivity contribution is 0.600. The highest BCUT2D eigenvalue weighted by Gasteiger charge is 2.17. The Labute approximate surface area is 104 Å². The van der Waals surface area contributed by atoms with Crippen LogP contribution in [0.3, 0.4) is 0 Å². The van der Waals surface area contributed by atoms with Gasteiger partial charge in [0, 0.05) is 16.3 Å². The van der Waals surface area contributed by atoms with Crippen molar-refractivity contribution < 1.29 is 8.42 Å². The van der Waals surface area contributed by atoms with Crippen molar-refractivity contribution in [2.45, 2.75) is 5.38 Å². The Morgan fingerprint density at radius 3 is 2.40 bits per heavy atom. The fourth-order valence-corrected chi connectivity index (χ4v) is 3.30. The standard InChI is InChI=1S/C9H9Cl3O2S/c1-15(13,14)5-9(12)7-3-2-6(10)4-8(7)11/h2-4,9H,5H2,1H3. The molecular formula is C9H9Cl3O2S. The van der Waals surface area contributed by atoms with Crippen LogP contribution in [0.25, 0.3) is 0 Å². The van der Waals surface area contributed by atoms with E-state index in [0.717, 1.165) is 6.26 Å². The van der Waals surface area contributed by atoms with Gasteiger partial charge in [0.25, 0.3) is 0 Å². The lowest BCUT2D eigenvalue weighted by Gasteiger charge is -2.10. The largest absolute Gasteiger partial charge is 0.229 e. The van der Waals surface area contributed by atoms with E-state index < -0.39 is 15.2 Å². The molecule has 2 nitrogen and oxygen atoms in total. The molecular weight excluding hydrogens is 279 g/mol. The van der Waals surface area contributed by atoms with Gasteiger partial charge in [-0.15, -0.1) is 11.6 Å². The molecule has 0 aliphatic heterocycles. The van der Waals surface area contributed by atoms with Crippen molar-refractivity contribution >= 4 is 44.6 Å². The van der Waals surface area contributed by atoms with E-state index in [9.17, 15) is 8.42 Å². The summed E-state index contributed by atoms with van der Waals surface area (Å²) >= 11 is 17.5. The van der Waals surface area contributed by atoms with Crippen LogP contribution in [0.2, 0.25) is 10.0 Å². The van der Waals surface area contributed by atoms with Crippen molar-refractivity contribution in [3.63, 3.8) is 0 Å². The van der Waals surface area contributed by atoms with E-state index in [0.29, 0.717) is 15.6 Å². The molecule has 0 saturated carbocycles. The summed E-state index contributed by atoms with van der Waals surface area (Å²) in [6.45, 7) is 0. The topological polar surface area (TPSA) is 34.1 Å². The molecule has 0 amide bonds. The fourth-order valence-electron chi connectivity index (χ4n) is 1.11. The number of alkyl halides is 1. The normalized spacial score (nSPS) is 13.9. The van der Waals surface area contributed by atoms with Crippen LogP contribution < -0.4 is 0 Å². The molecule has 15 heavy (non-hydrogen) atoms. The summed E-state index contributed by atoms with van der Waals surface area (Å²) in [6.07, 6.45) is 1.13. The SMILES string of the molecule is CS(=O)(=O)CC(Cl)c1ccc(Cl)cc1Cl. The Morgan fingerprint density at radius 1 is 1.33 bits per heavy atom. The van der Waals surface area contributed by atoms with Gasteiger partial charge in [0.15, 0.2) is 0 Å². The van der Waals surface area contributed by atoms with E-state index in [2.05, 4.69) is 0 Å². The van der Waals surface area contributed by atoms with Crippen molar-refractivity contribution in [2.24, 2.45) is 0 Å². The maximum atomic E-state index is 11.0. The van der Waals surface area contributed by atoms with E-state index in [1.165, 1.54) is 6.07 Å². The molecule has 1 aromatic carbocycles. The molecule has 0 heterocycles. The average molecular weight is 288 g/mol. The minimum absolute atomic E-state index is 0.143. The summed E-state index contributed by atoms with van der Waals surface area (Å²) in [5.74, 6) is -0.143. The summed E-state index contributed by atoms with van der Waals surface area (Å²) in [5, 5.41) is 0.225. The Bertz CT molecular complexity index is 456. The van der Waals surface area contributed by atoms with Gasteiger partial charge in [-0.3, -0.25) is 0 Å². The summed E-state index contributed by atoms with van der Waals surface area (Å²) < 4.78 is 22.1. The third kappa shape index (κ3) is 4.19. The fraction of sp³-hybridized carbons (Fsp3) is 0.333. The maximum absolute atomic E-state index is 11.0. The number of halogens is 3. The van der Waals surface area contributed by atoms with E-state index in [4.69, 9.17) is 34.8 Å². The van der Waals surface area contributed by atoms with Crippen molar-refractivity contribution in [2.75, 3.05) is 12.0 Å². The van der Waals surface area contributed by atoms with Crippen LogP contribution in [0.1, 0.15) is 10.9 Å². The molecule has 0 spiro atoms. The molecule has 1 atom stereocenters. The van der Waals surface area contributed by atoms with Crippen molar-refractivity contribution in [3.8, 4) is 0 Å². The lowest BCUT2D eigenvalue weighted by Crippen LogP contribution is -2.09. The highest BCUT2D eigenvalue weighted by Crippen LogP contribution is 2.30. The Kier molecular flexibility index (Phi) is 4.29. The number of sulfone groups is 1. The van der Waals surface area contributed by atoms with Crippen LogP contribution in [0, 0.1) is 0 Å². The first kappa shape index (κ1) is 13.1. The van der Waals surface area contributed by atoms with Gasteiger partial charge < -0.3 is 0 Å². The van der Waals surface area contributed by atoms with Crippen LogP contribution in [-0.2, 0) is 9.84 Å². The highest BCUT2D eigenvalue weighted by molar-refractivity contribution is 7.90. The minimum atomic E-state index is -3.12. The molecule has 1 aromatic rings. The minimum Gasteiger partial charge on any atom is -0.229 e. The highest BCUT2D eigenvalue weighted by atomic mass is 35.5. The summed E-state index contributed by atoms with van der Waals surface area (Å²) in [6, 6.07) is 4.80. The molecule has 6 heteroatoms. The molecule has 1 unspecified atom stereocenters. The predicted molar refractivity (Wildman–Crippen MR) is 64.8 cm³/mol. The summed E-state index contributed by atoms with van der Waals surface area (Å²) in [5.41, 5.74) is 0.577. The molecule has 0 fully saturated rings. The second kappa shape index (κ2) is 4.91. The third-order valence-corrected chi connectivity index (χ3v) is 3.82. The zero-order valence-electron chi connectivity index (χ0n) is 7.88. The molecule has 0 aliphatic rings. The second-order valence-electron chi connectivity index (χ2n) is 3.23. The zero-order chi connectivity index (χ0) is 11.6. The van der Waals surface area contributed by atoms with Gasteiger partial charge in [0.05, 0.1) is 11.1 Å². The van der Waals surface area contributed by atoms with E-state index in [-0.39, 0.29) is 5.75 Å². The molecule has 0 N–H and O–H groups in total. The van der Waals surface area contributed by atoms with Crippen LogP contribution >= 0.6 is 34.8 Å². The molecule has 0 radical (unpaired) electrons. The van der Waals surface area contributed by atoms with E-state index in [1.807, 2.05) is 0 Å². The van der Waals surface area contributed by atoms with E-state index in [1.54, 1.807) is 12.1 Å². The first-order valence-corrected chi connectivity index (χ1v) is 7.31. The van der Waals surface area contributed by atoms with Gasteiger partial charge in [0.2, 0.25) is 0 Å². The molecule has 0 saturated heterocycles. The monoisotopic (exact) mass is 286 g/mol. The van der Waals surface area contributed by atoms with Crippen molar-refractivity contribution in [1.29, 1.82) is 0 Å². The molecule has 0 bridgehead atoms. The van der Waals surface area contributed by atoms with Gasteiger partial charge in [-0.2, -0.15) is 0 Å². The van der Waals surface area contributed by atoms with Gasteiger partial charge in [-0.25, -0.2) is 8.42 Å². The molecule has 0 aliphatic carbocycles. The second-order valence-corrected chi connectivity index (χ2v) is 6.78. The Hall–Kier alpha value is 0.0400. The van der Waals surface area contributed by atoms with Gasteiger partial charge in [-0.1, -0.05) is 29.3 Å². The smallest absolute Gasteiger partial charge is 0.149 e. The van der Waals surface area contributed by atoms with Gasteiger partial charge >= 0.3 is 0 Å². The van der Waals surface area contributed by atoms with Crippen LogP contribution in [0.4, 0.5) is 0 Å². The summed E-state index contributed by atoms with van der Waals surface area (Å²) in [7, 11) is -3.12. The number of rotatable bonds is 3. The van der Waals surface area contributed by atoms with Crippen molar-refractivity contribution in [1.82, 2.24) is 0 Å². The van der Waals surface area contributed by atoms with Crippen LogP contribution in [0.15, 0.2) is 18.2 Å². The number of hydrogen-bond donors (Lipinski definition) is 0. The number of benzene rings is 1. The first-order chi connectivity index (χ1) is 6.79. The van der Waals surface area contributed by atoms with Gasteiger partial charge in [0.1, 0.15) is 9.84 Å². The third-order valence-electron chi connectivity index (χ3n) is 1.75. The Morgan fingerprint density at radius 2 is 1.93 bits per heavy atom. The zero-order valence-corrected chi connectivity index (χ0v) is 11.0. The van der Waals surface area contributed by atoms with Crippen molar-refractivity contribution in [3.05, 3.63) is 33.8 Å². The van der Waals surface area contributed by atoms with Gasteiger partial charge in [-0.05, 0) is 17.7 Å². The Balaban J connectivity index is 2.97. The summed E-state index contributed by atoms with van der Waals surface area (Å²) in [4.78, 5) is 0. The van der Waals surface area contributed by atoms with Crippen LogP contribution in [-0.4, -0.2) is 20.4 Å². The van der Waals surface area contributed by atoms with E-state index >= 15 is 0 Å². The molecule has 1 rings (SSSR count). The van der Waals surface area contributed by atoms with Crippen LogP contribution in [0.5, 0.6) is 0 Å². The lowest BCUT2D eigenvalue weighted by atomic mass is 10.2.